The lowest BCUT2D eigenvalue weighted by Crippen LogP contribution is -2.26. The van der Waals surface area contributed by atoms with Crippen molar-refractivity contribution in [2.45, 2.75) is 32.7 Å². The maximum atomic E-state index is 9.04. The lowest BCUT2D eigenvalue weighted by atomic mass is 10.00. The molecule has 0 saturated carbocycles. The van der Waals surface area contributed by atoms with Gasteiger partial charge in [0.05, 0.1) is 0 Å². The minimum absolute atomic E-state index is 0.282. The van der Waals surface area contributed by atoms with Crippen molar-refractivity contribution in [1.82, 2.24) is 5.32 Å². The van der Waals surface area contributed by atoms with Crippen LogP contribution in [0.2, 0.25) is 0 Å². The van der Waals surface area contributed by atoms with E-state index in [2.05, 4.69) is 61.6 Å². The van der Waals surface area contributed by atoms with E-state index in [1.165, 1.54) is 16.3 Å². The number of nitrogens with one attached hydrogen (secondary N) is 1. The number of rotatable bonds is 7. The Balaban J connectivity index is 2.01. The number of hydrogen-bond acceptors (Lipinski definition) is 2. The quantitative estimate of drug-likeness (QED) is 0.800. The second kappa shape index (κ2) is 7.41. The molecule has 0 spiro atoms. The van der Waals surface area contributed by atoms with Crippen LogP contribution in [0.1, 0.15) is 38.3 Å². The maximum Gasteiger partial charge on any atom is 0.0434 e. The van der Waals surface area contributed by atoms with E-state index in [0.717, 1.165) is 19.4 Å². The van der Waals surface area contributed by atoms with Gasteiger partial charge in [-0.05, 0) is 48.2 Å². The Hall–Kier alpha value is -1.38. The van der Waals surface area contributed by atoms with Crippen molar-refractivity contribution in [3.63, 3.8) is 0 Å². The molecule has 0 aliphatic heterocycles. The molecule has 0 aliphatic rings. The number of aliphatic hydroxyl groups is 1. The molecule has 0 aromatic heterocycles. The van der Waals surface area contributed by atoms with Gasteiger partial charge < -0.3 is 10.4 Å². The summed E-state index contributed by atoms with van der Waals surface area (Å²) in [5.74, 6) is 0.558. The molecule has 2 aromatic rings. The molecule has 2 unspecified atom stereocenters. The van der Waals surface area contributed by atoms with Gasteiger partial charge in [-0.25, -0.2) is 0 Å². The highest BCUT2D eigenvalue weighted by atomic mass is 16.3. The number of benzene rings is 2. The molecule has 0 heterocycles. The third-order valence-corrected chi connectivity index (χ3v) is 4.10. The molecule has 0 bridgehead atoms. The van der Waals surface area contributed by atoms with Crippen molar-refractivity contribution in [1.29, 1.82) is 0 Å². The van der Waals surface area contributed by atoms with E-state index in [-0.39, 0.29) is 6.61 Å². The van der Waals surface area contributed by atoms with E-state index < -0.39 is 0 Å². The zero-order valence-corrected chi connectivity index (χ0v) is 12.5. The molecular formula is C18H25NO. The highest BCUT2D eigenvalue weighted by Gasteiger charge is 2.09. The molecule has 2 aromatic carbocycles. The molecule has 2 rings (SSSR count). The minimum atomic E-state index is 0.282. The summed E-state index contributed by atoms with van der Waals surface area (Å²) in [7, 11) is 0. The smallest absolute Gasteiger partial charge is 0.0434 e. The lowest BCUT2D eigenvalue weighted by molar-refractivity contribution is 0.249. The molecule has 108 valence electrons. The predicted octanol–water partition coefficient (Wildman–Crippen LogP) is 3.90. The van der Waals surface area contributed by atoms with Crippen LogP contribution < -0.4 is 5.32 Å². The van der Waals surface area contributed by atoms with Gasteiger partial charge >= 0.3 is 0 Å². The molecule has 2 nitrogen and oxygen atoms in total. The van der Waals surface area contributed by atoms with Gasteiger partial charge in [-0.15, -0.1) is 0 Å². The van der Waals surface area contributed by atoms with Crippen molar-refractivity contribution in [2.75, 3.05) is 13.2 Å². The first-order valence-corrected chi connectivity index (χ1v) is 7.57. The highest BCUT2D eigenvalue weighted by Crippen LogP contribution is 2.20. The predicted molar refractivity (Wildman–Crippen MR) is 85.8 cm³/mol. The Bertz CT molecular complexity index is 538. The topological polar surface area (TPSA) is 32.3 Å². The number of hydrogen-bond donors (Lipinski definition) is 2. The maximum absolute atomic E-state index is 9.04. The largest absolute Gasteiger partial charge is 0.396 e. The fourth-order valence-electron chi connectivity index (χ4n) is 2.57. The van der Waals surface area contributed by atoms with E-state index >= 15 is 0 Å². The van der Waals surface area contributed by atoms with Gasteiger partial charge in [0.25, 0.3) is 0 Å². The Morgan fingerprint density at radius 1 is 1.10 bits per heavy atom. The first-order chi connectivity index (χ1) is 9.74. The highest BCUT2D eigenvalue weighted by molar-refractivity contribution is 5.83. The second-order valence-electron chi connectivity index (χ2n) is 5.52. The van der Waals surface area contributed by atoms with E-state index in [9.17, 15) is 0 Å². The molecule has 0 saturated heterocycles. The fourth-order valence-corrected chi connectivity index (χ4v) is 2.57. The summed E-state index contributed by atoms with van der Waals surface area (Å²) in [5.41, 5.74) is 1.32. The Kier molecular flexibility index (Phi) is 5.57. The van der Waals surface area contributed by atoms with Crippen molar-refractivity contribution < 1.29 is 5.11 Å². The Morgan fingerprint density at radius 3 is 2.55 bits per heavy atom. The van der Waals surface area contributed by atoms with Gasteiger partial charge in [0, 0.05) is 12.6 Å². The number of aliphatic hydroxyl groups excluding tert-OH is 1. The van der Waals surface area contributed by atoms with Crippen LogP contribution in [0.5, 0.6) is 0 Å². The van der Waals surface area contributed by atoms with Crippen molar-refractivity contribution >= 4 is 10.8 Å². The monoisotopic (exact) mass is 271 g/mol. The van der Waals surface area contributed by atoms with Crippen molar-refractivity contribution in [2.24, 2.45) is 5.92 Å². The molecule has 2 N–H and O–H groups in total. The Morgan fingerprint density at radius 2 is 1.85 bits per heavy atom. The molecule has 0 fully saturated rings. The summed E-state index contributed by atoms with van der Waals surface area (Å²) in [6.45, 7) is 5.63. The number of fused-ring (bicyclic) bond motifs is 1. The van der Waals surface area contributed by atoms with E-state index in [1.807, 2.05) is 0 Å². The van der Waals surface area contributed by atoms with Crippen LogP contribution in [0, 0.1) is 5.92 Å². The van der Waals surface area contributed by atoms with Gasteiger partial charge in [-0.2, -0.15) is 0 Å². The van der Waals surface area contributed by atoms with Gasteiger partial charge in [0.2, 0.25) is 0 Å². The second-order valence-corrected chi connectivity index (χ2v) is 5.52. The summed E-state index contributed by atoms with van der Waals surface area (Å²) in [6, 6.07) is 15.5. The summed E-state index contributed by atoms with van der Waals surface area (Å²) >= 11 is 0. The first kappa shape index (κ1) is 15.0. The first-order valence-electron chi connectivity index (χ1n) is 7.57. The SMILES string of the molecule is CCC(CCO)CNC(C)c1ccc2ccccc2c1. The van der Waals surface area contributed by atoms with Crippen LogP contribution in [0.3, 0.4) is 0 Å². The zero-order valence-electron chi connectivity index (χ0n) is 12.5. The molecule has 20 heavy (non-hydrogen) atoms. The summed E-state index contributed by atoms with van der Waals surface area (Å²) in [4.78, 5) is 0. The van der Waals surface area contributed by atoms with Gasteiger partial charge in [-0.3, -0.25) is 0 Å². The molecule has 2 heteroatoms. The molecular weight excluding hydrogens is 246 g/mol. The average Bonchev–Trinajstić information content (AvgIpc) is 2.50. The van der Waals surface area contributed by atoms with Crippen LogP contribution in [0.4, 0.5) is 0 Å². The molecule has 0 aliphatic carbocycles. The normalized spacial score (nSPS) is 14.3. The molecule has 0 amide bonds. The summed E-state index contributed by atoms with van der Waals surface area (Å²) < 4.78 is 0. The van der Waals surface area contributed by atoms with E-state index in [0.29, 0.717) is 12.0 Å². The van der Waals surface area contributed by atoms with Crippen LogP contribution in [0.25, 0.3) is 10.8 Å². The third-order valence-electron chi connectivity index (χ3n) is 4.10. The van der Waals surface area contributed by atoms with Crippen LogP contribution in [-0.4, -0.2) is 18.3 Å². The fraction of sp³-hybridized carbons (Fsp3) is 0.444. The van der Waals surface area contributed by atoms with Crippen molar-refractivity contribution in [3.05, 3.63) is 48.0 Å². The third kappa shape index (κ3) is 3.81. The van der Waals surface area contributed by atoms with Crippen molar-refractivity contribution in [3.8, 4) is 0 Å². The standard InChI is InChI=1S/C18H25NO/c1-3-15(10-11-20)13-19-14(2)17-9-8-16-6-4-5-7-18(16)12-17/h4-9,12,14-15,19-20H,3,10-11,13H2,1-2H3. The molecule has 0 radical (unpaired) electrons. The van der Waals surface area contributed by atoms with Gasteiger partial charge in [0.1, 0.15) is 0 Å². The van der Waals surface area contributed by atoms with Gasteiger partial charge in [-0.1, -0.05) is 49.7 Å². The average molecular weight is 271 g/mol. The van der Waals surface area contributed by atoms with E-state index in [4.69, 9.17) is 5.11 Å². The minimum Gasteiger partial charge on any atom is -0.396 e. The van der Waals surface area contributed by atoms with E-state index in [1.54, 1.807) is 0 Å². The summed E-state index contributed by atoms with van der Waals surface area (Å²) in [6.07, 6.45) is 1.99. The van der Waals surface area contributed by atoms with Crippen LogP contribution in [0.15, 0.2) is 42.5 Å². The molecule has 2 atom stereocenters. The zero-order chi connectivity index (χ0) is 14.4. The van der Waals surface area contributed by atoms with Crippen LogP contribution in [-0.2, 0) is 0 Å². The lowest BCUT2D eigenvalue weighted by Gasteiger charge is -2.19. The van der Waals surface area contributed by atoms with Gasteiger partial charge in [0.15, 0.2) is 0 Å². The van der Waals surface area contributed by atoms with Crippen LogP contribution >= 0.6 is 0 Å². The summed E-state index contributed by atoms with van der Waals surface area (Å²) in [5, 5.41) is 15.2. The Labute approximate surface area is 121 Å².